The van der Waals surface area contributed by atoms with E-state index in [1.54, 1.807) is 35.3 Å². The van der Waals surface area contributed by atoms with Crippen LogP contribution in [0, 0.1) is 5.92 Å². The van der Waals surface area contributed by atoms with Gasteiger partial charge in [0.1, 0.15) is 29.9 Å². The average molecular weight is 461 g/mol. The Morgan fingerprint density at radius 1 is 0.824 bits per heavy atom. The van der Waals surface area contributed by atoms with Crippen molar-refractivity contribution in [3.05, 3.63) is 61.2 Å². The molecule has 1 aromatic heterocycles. The molecule has 2 N–H and O–H groups in total. The lowest BCUT2D eigenvalue weighted by molar-refractivity contribution is -0.158. The molecule has 0 radical (unpaired) electrons. The van der Waals surface area contributed by atoms with Gasteiger partial charge in [-0.15, -0.1) is 0 Å². The highest BCUT2D eigenvalue weighted by Crippen LogP contribution is 2.38. The van der Waals surface area contributed by atoms with Gasteiger partial charge < -0.3 is 9.47 Å². The van der Waals surface area contributed by atoms with Crippen LogP contribution in [0.2, 0.25) is 0 Å². The van der Waals surface area contributed by atoms with E-state index < -0.39 is 23.4 Å². The second-order valence-electron chi connectivity index (χ2n) is 8.32. The third-order valence-corrected chi connectivity index (χ3v) is 6.17. The number of carbonyl (C=O) groups excluding carboxylic acids is 3. The van der Waals surface area contributed by atoms with Crippen LogP contribution in [-0.4, -0.2) is 38.2 Å². The Balaban J connectivity index is 1.33. The molecule has 2 aromatic carbocycles. The number of imide groups is 2. The van der Waals surface area contributed by atoms with Crippen molar-refractivity contribution in [1.82, 2.24) is 25.4 Å². The molecule has 2 aliphatic rings. The van der Waals surface area contributed by atoms with E-state index in [0.29, 0.717) is 30.1 Å². The number of amides is 4. The predicted molar refractivity (Wildman–Crippen MR) is 119 cm³/mol. The molecule has 10 heteroatoms. The molecule has 4 amide bonds. The number of barbiturate groups is 1. The summed E-state index contributed by atoms with van der Waals surface area (Å²) in [6, 6.07) is 13.2. The molecule has 174 valence electrons. The highest BCUT2D eigenvalue weighted by Gasteiger charge is 2.58. The Morgan fingerprint density at radius 2 is 1.41 bits per heavy atom. The Kier molecular flexibility index (Phi) is 5.70. The number of hydrogen-bond donors (Lipinski definition) is 2. The van der Waals surface area contributed by atoms with Crippen LogP contribution in [0.5, 0.6) is 17.2 Å². The van der Waals surface area contributed by atoms with Gasteiger partial charge in [-0.2, -0.15) is 5.10 Å². The van der Waals surface area contributed by atoms with Crippen molar-refractivity contribution in [1.29, 1.82) is 0 Å². The third kappa shape index (κ3) is 4.09. The monoisotopic (exact) mass is 461 g/mol. The normalized spacial score (nSPS) is 18.2. The van der Waals surface area contributed by atoms with Gasteiger partial charge in [0.15, 0.2) is 0 Å². The standard InChI is InChI=1S/C24H23N5O5/c30-21-24(16-4-2-1-3-5-16,22(31)28-23(32)27-21)34-20-12-10-19(11-13-20)33-18-8-6-17(7-9-18)29-15-25-14-26-29/h6-16H,1-5H2,(H2,27,28,30,31,32). The zero-order chi connectivity index (χ0) is 23.5. The Bertz CT molecular complexity index is 1170. The lowest BCUT2D eigenvalue weighted by Crippen LogP contribution is -2.72. The van der Waals surface area contributed by atoms with Crippen LogP contribution in [0.25, 0.3) is 5.69 Å². The summed E-state index contributed by atoms with van der Waals surface area (Å²) in [5, 5.41) is 8.50. The maximum atomic E-state index is 12.9. The highest BCUT2D eigenvalue weighted by atomic mass is 16.5. The Labute approximate surface area is 195 Å². The minimum atomic E-state index is -1.78. The number of nitrogens with one attached hydrogen (secondary N) is 2. The van der Waals surface area contributed by atoms with Crippen molar-refractivity contribution < 1.29 is 23.9 Å². The fraction of sp³-hybridized carbons (Fsp3) is 0.292. The molecule has 2 heterocycles. The van der Waals surface area contributed by atoms with Crippen molar-refractivity contribution in [2.24, 2.45) is 5.92 Å². The van der Waals surface area contributed by atoms with E-state index in [4.69, 9.17) is 9.47 Å². The molecule has 1 aliphatic carbocycles. The quantitative estimate of drug-likeness (QED) is 0.541. The van der Waals surface area contributed by atoms with Gasteiger partial charge in [0, 0.05) is 5.92 Å². The molecular formula is C24H23N5O5. The molecule has 1 saturated carbocycles. The fourth-order valence-corrected chi connectivity index (χ4v) is 4.49. The molecule has 0 atom stereocenters. The van der Waals surface area contributed by atoms with Gasteiger partial charge in [-0.25, -0.2) is 14.5 Å². The van der Waals surface area contributed by atoms with Crippen LogP contribution < -0.4 is 20.1 Å². The van der Waals surface area contributed by atoms with Crippen LogP contribution in [0.4, 0.5) is 4.79 Å². The molecule has 0 spiro atoms. The molecular weight excluding hydrogens is 438 g/mol. The van der Waals surface area contributed by atoms with Gasteiger partial charge in [-0.05, 0) is 61.4 Å². The molecule has 1 saturated heterocycles. The summed E-state index contributed by atoms with van der Waals surface area (Å²) in [5.74, 6) is -0.254. The second kappa shape index (κ2) is 8.97. The maximum absolute atomic E-state index is 12.9. The second-order valence-corrected chi connectivity index (χ2v) is 8.32. The summed E-state index contributed by atoms with van der Waals surface area (Å²) in [6.45, 7) is 0. The number of rotatable bonds is 6. The fourth-order valence-electron chi connectivity index (χ4n) is 4.49. The lowest BCUT2D eigenvalue weighted by atomic mass is 9.75. The summed E-state index contributed by atoms with van der Waals surface area (Å²) >= 11 is 0. The van der Waals surface area contributed by atoms with Crippen molar-refractivity contribution in [2.75, 3.05) is 0 Å². The number of nitrogens with zero attached hydrogens (tertiary/aromatic N) is 3. The van der Waals surface area contributed by atoms with Gasteiger partial charge in [-0.3, -0.25) is 20.2 Å². The van der Waals surface area contributed by atoms with E-state index in [9.17, 15) is 14.4 Å². The van der Waals surface area contributed by atoms with E-state index >= 15 is 0 Å². The Morgan fingerprint density at radius 3 is 2.00 bits per heavy atom. The topological polar surface area (TPSA) is 124 Å². The lowest BCUT2D eigenvalue weighted by Gasteiger charge is -2.41. The molecule has 0 bridgehead atoms. The first kappa shape index (κ1) is 21.6. The first-order chi connectivity index (χ1) is 16.5. The van der Waals surface area contributed by atoms with E-state index in [0.717, 1.165) is 24.9 Å². The van der Waals surface area contributed by atoms with Crippen molar-refractivity contribution >= 4 is 17.8 Å². The number of aromatic nitrogens is 3. The smallest absolute Gasteiger partial charge is 0.328 e. The van der Waals surface area contributed by atoms with Crippen molar-refractivity contribution in [3.8, 4) is 22.9 Å². The zero-order valence-electron chi connectivity index (χ0n) is 18.3. The van der Waals surface area contributed by atoms with E-state index in [1.807, 2.05) is 24.3 Å². The molecule has 2 fully saturated rings. The zero-order valence-corrected chi connectivity index (χ0v) is 18.3. The van der Waals surface area contributed by atoms with Crippen LogP contribution >= 0.6 is 0 Å². The van der Waals surface area contributed by atoms with Gasteiger partial charge in [-0.1, -0.05) is 19.3 Å². The summed E-state index contributed by atoms with van der Waals surface area (Å²) in [6.07, 6.45) is 7.24. The minimum Gasteiger partial charge on any atom is -0.467 e. The van der Waals surface area contributed by atoms with Crippen LogP contribution in [0.15, 0.2) is 61.2 Å². The van der Waals surface area contributed by atoms with E-state index in [-0.39, 0.29) is 5.92 Å². The predicted octanol–water partition coefficient (Wildman–Crippen LogP) is 3.12. The van der Waals surface area contributed by atoms with Gasteiger partial charge in [0.05, 0.1) is 5.69 Å². The molecule has 0 unspecified atom stereocenters. The minimum absolute atomic E-state index is 0.325. The molecule has 3 aromatic rings. The van der Waals surface area contributed by atoms with Crippen molar-refractivity contribution in [3.63, 3.8) is 0 Å². The van der Waals surface area contributed by atoms with E-state index in [1.165, 1.54) is 6.33 Å². The van der Waals surface area contributed by atoms with Gasteiger partial charge in [0.25, 0.3) is 17.4 Å². The number of benzene rings is 2. The van der Waals surface area contributed by atoms with Crippen LogP contribution in [0.1, 0.15) is 32.1 Å². The molecule has 34 heavy (non-hydrogen) atoms. The summed E-state index contributed by atoms with van der Waals surface area (Å²) in [7, 11) is 0. The largest absolute Gasteiger partial charge is 0.467 e. The van der Waals surface area contributed by atoms with Crippen LogP contribution in [0.3, 0.4) is 0 Å². The number of carbonyl (C=O) groups is 3. The van der Waals surface area contributed by atoms with Gasteiger partial charge in [0.2, 0.25) is 0 Å². The molecule has 10 nitrogen and oxygen atoms in total. The first-order valence-electron chi connectivity index (χ1n) is 11.1. The SMILES string of the molecule is O=C1NC(=O)C(Oc2ccc(Oc3ccc(-n4cncn4)cc3)cc2)(C2CCCCC2)C(=O)N1. The Hall–Kier alpha value is -4.21. The van der Waals surface area contributed by atoms with Gasteiger partial charge >= 0.3 is 6.03 Å². The number of ether oxygens (including phenoxy) is 2. The summed E-state index contributed by atoms with van der Waals surface area (Å²) < 4.78 is 13.6. The third-order valence-electron chi connectivity index (χ3n) is 6.17. The summed E-state index contributed by atoms with van der Waals surface area (Å²) in [5.41, 5.74) is -0.933. The first-order valence-corrected chi connectivity index (χ1v) is 11.1. The summed E-state index contributed by atoms with van der Waals surface area (Å²) in [4.78, 5) is 41.4. The maximum Gasteiger partial charge on any atom is 0.328 e. The van der Waals surface area contributed by atoms with E-state index in [2.05, 4.69) is 20.7 Å². The highest BCUT2D eigenvalue weighted by molar-refractivity contribution is 6.22. The number of urea groups is 1. The van der Waals surface area contributed by atoms with Crippen LogP contribution in [-0.2, 0) is 9.59 Å². The van der Waals surface area contributed by atoms with Crippen molar-refractivity contribution in [2.45, 2.75) is 37.7 Å². The molecule has 5 rings (SSSR count). The average Bonchev–Trinajstić information content (AvgIpc) is 3.39. The number of hydrogen-bond acceptors (Lipinski definition) is 7. The molecule has 1 aliphatic heterocycles.